The van der Waals surface area contributed by atoms with Crippen LogP contribution in [0.15, 0.2) is 30.3 Å². The van der Waals surface area contributed by atoms with Gasteiger partial charge in [0.1, 0.15) is 12.4 Å². The minimum atomic E-state index is 0.111. The van der Waals surface area contributed by atoms with Crippen LogP contribution in [0, 0.1) is 0 Å². The average molecular weight is 218 g/mol. The highest BCUT2D eigenvalue weighted by Crippen LogP contribution is 2.42. The van der Waals surface area contributed by atoms with Crippen LogP contribution in [-0.2, 0) is 13.2 Å². The van der Waals surface area contributed by atoms with Crippen molar-refractivity contribution in [2.24, 2.45) is 0 Å². The molecule has 0 saturated heterocycles. The summed E-state index contributed by atoms with van der Waals surface area (Å²) in [5.74, 6) is 0.941. The van der Waals surface area contributed by atoms with Crippen LogP contribution >= 0.6 is 11.3 Å². The number of fused-ring (bicyclic) bond motifs is 3. The van der Waals surface area contributed by atoms with Crippen molar-refractivity contribution < 1.29 is 9.84 Å². The predicted molar refractivity (Wildman–Crippen MR) is 60.0 cm³/mol. The molecule has 0 spiro atoms. The number of hydrogen-bond donors (Lipinski definition) is 1. The molecule has 2 aromatic rings. The summed E-state index contributed by atoms with van der Waals surface area (Å²) < 4.78 is 5.63. The zero-order chi connectivity index (χ0) is 10.3. The smallest absolute Gasteiger partial charge is 0.128 e. The van der Waals surface area contributed by atoms with Gasteiger partial charge in [0.2, 0.25) is 0 Å². The minimum absolute atomic E-state index is 0.111. The number of thiophene rings is 1. The summed E-state index contributed by atoms with van der Waals surface area (Å²) in [5.41, 5.74) is 2.33. The summed E-state index contributed by atoms with van der Waals surface area (Å²) in [6, 6.07) is 10.1. The highest BCUT2D eigenvalue weighted by molar-refractivity contribution is 7.15. The summed E-state index contributed by atoms with van der Waals surface area (Å²) in [6.45, 7) is 0.725. The predicted octanol–water partition coefficient (Wildman–Crippen LogP) is 2.80. The molecule has 0 bridgehead atoms. The Morgan fingerprint density at radius 2 is 2.20 bits per heavy atom. The number of hydrogen-bond acceptors (Lipinski definition) is 3. The van der Waals surface area contributed by atoms with Crippen molar-refractivity contribution in [2.45, 2.75) is 13.2 Å². The summed E-state index contributed by atoms with van der Waals surface area (Å²) in [4.78, 5) is 2.24. The first kappa shape index (κ1) is 8.95. The van der Waals surface area contributed by atoms with E-state index in [0.717, 1.165) is 16.2 Å². The molecule has 15 heavy (non-hydrogen) atoms. The highest BCUT2D eigenvalue weighted by Gasteiger charge is 2.19. The molecule has 0 aliphatic carbocycles. The van der Waals surface area contributed by atoms with Gasteiger partial charge < -0.3 is 9.84 Å². The van der Waals surface area contributed by atoms with Crippen LogP contribution in [0.4, 0.5) is 0 Å². The third-order valence-corrected chi connectivity index (χ3v) is 3.73. The van der Waals surface area contributed by atoms with E-state index in [2.05, 4.69) is 6.07 Å². The first-order chi connectivity index (χ1) is 7.38. The number of rotatable bonds is 1. The largest absolute Gasteiger partial charge is 0.488 e. The molecule has 1 aromatic carbocycles. The molecule has 1 N–H and O–H groups in total. The molecule has 0 atom stereocenters. The second-order valence-electron chi connectivity index (χ2n) is 3.51. The lowest BCUT2D eigenvalue weighted by atomic mass is 10.1. The van der Waals surface area contributed by atoms with Gasteiger partial charge in [-0.2, -0.15) is 0 Å². The minimum Gasteiger partial charge on any atom is -0.488 e. The van der Waals surface area contributed by atoms with Crippen LogP contribution in [0.2, 0.25) is 0 Å². The van der Waals surface area contributed by atoms with E-state index in [1.807, 2.05) is 24.3 Å². The van der Waals surface area contributed by atoms with Crippen molar-refractivity contribution in [3.05, 3.63) is 40.8 Å². The molecule has 0 fully saturated rings. The summed E-state index contributed by atoms with van der Waals surface area (Å²) >= 11 is 1.65. The fourth-order valence-electron chi connectivity index (χ4n) is 1.83. The van der Waals surface area contributed by atoms with Crippen molar-refractivity contribution in [3.8, 4) is 16.2 Å². The van der Waals surface area contributed by atoms with E-state index in [1.54, 1.807) is 11.3 Å². The fourth-order valence-corrected chi connectivity index (χ4v) is 2.89. The normalized spacial score (nSPS) is 12.9. The van der Waals surface area contributed by atoms with Gasteiger partial charge >= 0.3 is 0 Å². The maximum Gasteiger partial charge on any atom is 0.128 e. The molecule has 1 aliphatic heterocycles. The molecule has 2 nitrogen and oxygen atoms in total. The lowest BCUT2D eigenvalue weighted by Crippen LogP contribution is -2.01. The van der Waals surface area contributed by atoms with Crippen molar-refractivity contribution in [1.82, 2.24) is 0 Å². The van der Waals surface area contributed by atoms with Gasteiger partial charge in [-0.15, -0.1) is 11.3 Å². The molecule has 0 amide bonds. The fraction of sp³-hybridized carbons (Fsp3) is 0.167. The van der Waals surface area contributed by atoms with E-state index in [4.69, 9.17) is 9.84 Å². The summed E-state index contributed by atoms with van der Waals surface area (Å²) in [7, 11) is 0. The SMILES string of the molecule is OCc1cc2c(s1)-c1ccccc1OC2. The Morgan fingerprint density at radius 1 is 1.33 bits per heavy atom. The van der Waals surface area contributed by atoms with Crippen LogP contribution in [0.1, 0.15) is 10.4 Å². The number of aliphatic hydroxyl groups is 1. The lowest BCUT2D eigenvalue weighted by Gasteiger charge is -2.16. The number of benzene rings is 1. The number of aliphatic hydroxyl groups excluding tert-OH is 1. The maximum atomic E-state index is 9.10. The van der Waals surface area contributed by atoms with Crippen LogP contribution in [0.5, 0.6) is 5.75 Å². The van der Waals surface area contributed by atoms with Gasteiger partial charge in [-0.3, -0.25) is 0 Å². The van der Waals surface area contributed by atoms with Crippen molar-refractivity contribution in [1.29, 1.82) is 0 Å². The van der Waals surface area contributed by atoms with Gasteiger partial charge in [-0.25, -0.2) is 0 Å². The molecule has 1 aromatic heterocycles. The van der Waals surface area contributed by atoms with E-state index >= 15 is 0 Å². The number of ether oxygens (including phenoxy) is 1. The Balaban J connectivity index is 2.20. The van der Waals surface area contributed by atoms with Crippen molar-refractivity contribution in [2.75, 3.05) is 0 Å². The summed E-state index contributed by atoms with van der Waals surface area (Å²) in [5, 5.41) is 9.10. The van der Waals surface area contributed by atoms with Crippen LogP contribution in [0.3, 0.4) is 0 Å². The van der Waals surface area contributed by atoms with Gasteiger partial charge in [0.15, 0.2) is 0 Å². The van der Waals surface area contributed by atoms with Gasteiger partial charge in [0.25, 0.3) is 0 Å². The highest BCUT2D eigenvalue weighted by atomic mass is 32.1. The lowest BCUT2D eigenvalue weighted by molar-refractivity contribution is 0.284. The van der Waals surface area contributed by atoms with Gasteiger partial charge in [0.05, 0.1) is 6.61 Å². The molecule has 0 unspecified atom stereocenters. The first-order valence-electron chi connectivity index (χ1n) is 4.83. The molecule has 2 heterocycles. The molecule has 0 saturated carbocycles. The Hall–Kier alpha value is -1.32. The van der Waals surface area contributed by atoms with E-state index in [-0.39, 0.29) is 6.61 Å². The Kier molecular flexibility index (Phi) is 2.01. The molecule has 3 heteroatoms. The topological polar surface area (TPSA) is 29.5 Å². The zero-order valence-electron chi connectivity index (χ0n) is 8.06. The zero-order valence-corrected chi connectivity index (χ0v) is 8.88. The second-order valence-corrected chi connectivity index (χ2v) is 4.65. The van der Waals surface area contributed by atoms with E-state index in [1.165, 1.54) is 10.4 Å². The maximum absolute atomic E-state index is 9.10. The monoisotopic (exact) mass is 218 g/mol. The quantitative estimate of drug-likeness (QED) is 0.797. The van der Waals surface area contributed by atoms with Crippen molar-refractivity contribution >= 4 is 11.3 Å². The number of para-hydroxylation sites is 1. The average Bonchev–Trinajstić information content (AvgIpc) is 2.72. The standard InChI is InChI=1S/C12H10O2S/c13-6-9-5-8-7-14-11-4-2-1-3-10(11)12(8)15-9/h1-5,13H,6-7H2. The Morgan fingerprint density at radius 3 is 3.07 bits per heavy atom. The molecule has 76 valence electrons. The third-order valence-electron chi connectivity index (χ3n) is 2.53. The van der Waals surface area contributed by atoms with Crippen molar-refractivity contribution in [3.63, 3.8) is 0 Å². The molecule has 0 radical (unpaired) electrons. The molecule has 1 aliphatic rings. The van der Waals surface area contributed by atoms with Gasteiger partial charge in [0, 0.05) is 20.9 Å². The van der Waals surface area contributed by atoms with E-state index < -0.39 is 0 Å². The van der Waals surface area contributed by atoms with Crippen LogP contribution in [-0.4, -0.2) is 5.11 Å². The third kappa shape index (κ3) is 1.35. The van der Waals surface area contributed by atoms with Gasteiger partial charge in [-0.05, 0) is 18.2 Å². The summed E-state index contributed by atoms with van der Waals surface area (Å²) in [6.07, 6.45) is 0. The molecular weight excluding hydrogens is 208 g/mol. The Bertz CT molecular complexity index is 502. The van der Waals surface area contributed by atoms with Crippen LogP contribution in [0.25, 0.3) is 10.4 Å². The van der Waals surface area contributed by atoms with E-state index in [9.17, 15) is 0 Å². The molecular formula is C12H10O2S. The van der Waals surface area contributed by atoms with Gasteiger partial charge in [-0.1, -0.05) is 12.1 Å². The molecule has 3 rings (SSSR count). The first-order valence-corrected chi connectivity index (χ1v) is 5.65. The van der Waals surface area contributed by atoms with E-state index in [0.29, 0.717) is 6.61 Å². The second kappa shape index (κ2) is 3.36. The Labute approximate surface area is 91.8 Å². The van der Waals surface area contributed by atoms with Crippen LogP contribution < -0.4 is 4.74 Å².